The number of sulfonamides is 1. The van der Waals surface area contributed by atoms with Crippen LogP contribution in [0.25, 0.3) is 10.8 Å². The average molecular weight is 509 g/mol. The molecule has 4 rings (SSSR count). The molecule has 0 aromatic heterocycles. The Balaban J connectivity index is 1.43. The maximum atomic E-state index is 13.8. The lowest BCUT2D eigenvalue weighted by Crippen LogP contribution is -2.36. The molecular weight excluding hydrogens is 485 g/mol. The Morgan fingerprint density at radius 3 is 2.50 bits per heavy atom. The number of carbonyl (C=O) groups excluding carboxylic acids is 1. The van der Waals surface area contributed by atoms with Crippen molar-refractivity contribution in [3.8, 4) is 0 Å². The molecule has 0 aliphatic carbocycles. The highest BCUT2D eigenvalue weighted by Gasteiger charge is 2.39. The molecule has 1 fully saturated rings. The predicted molar refractivity (Wildman–Crippen MR) is 126 cm³/mol. The standard InChI is InChI=1S/C24H23F3N2O3S2/c25-21-8-9-22(26)24(27)20(21)13-28-23(30)10-6-17-12-18(33)14-29(17)34(31,32)19-7-5-15-3-1-2-4-16(15)11-19/h1-5,7-9,11,17-18,33H,6,10,12-14H2,(H,28,30)/t17-,18-/m1/s1. The molecule has 0 bridgehead atoms. The Morgan fingerprint density at radius 1 is 1.03 bits per heavy atom. The van der Waals surface area contributed by atoms with Gasteiger partial charge in [0.05, 0.1) is 4.90 Å². The van der Waals surface area contributed by atoms with Gasteiger partial charge in [0.2, 0.25) is 15.9 Å². The molecule has 10 heteroatoms. The molecule has 2 atom stereocenters. The van der Waals surface area contributed by atoms with Crippen molar-refractivity contribution in [1.29, 1.82) is 0 Å². The van der Waals surface area contributed by atoms with Crippen molar-refractivity contribution in [1.82, 2.24) is 9.62 Å². The smallest absolute Gasteiger partial charge is 0.243 e. The summed E-state index contributed by atoms with van der Waals surface area (Å²) in [4.78, 5) is 12.5. The second-order valence-electron chi connectivity index (χ2n) is 8.26. The van der Waals surface area contributed by atoms with Gasteiger partial charge in [0.1, 0.15) is 5.82 Å². The van der Waals surface area contributed by atoms with Gasteiger partial charge < -0.3 is 5.32 Å². The molecule has 1 saturated heterocycles. The molecule has 1 aliphatic heterocycles. The summed E-state index contributed by atoms with van der Waals surface area (Å²) in [5, 5.41) is 3.92. The van der Waals surface area contributed by atoms with Gasteiger partial charge in [-0.05, 0) is 47.9 Å². The third-order valence-corrected chi connectivity index (χ3v) is 8.26. The van der Waals surface area contributed by atoms with Crippen LogP contribution < -0.4 is 5.32 Å². The number of hydrogen-bond acceptors (Lipinski definition) is 4. The first-order valence-electron chi connectivity index (χ1n) is 10.7. The van der Waals surface area contributed by atoms with E-state index in [4.69, 9.17) is 0 Å². The highest BCUT2D eigenvalue weighted by molar-refractivity contribution is 7.89. The summed E-state index contributed by atoms with van der Waals surface area (Å²) in [7, 11) is -3.82. The quantitative estimate of drug-likeness (QED) is 0.367. The van der Waals surface area contributed by atoms with Crippen molar-refractivity contribution in [2.45, 2.75) is 42.0 Å². The van der Waals surface area contributed by atoms with Gasteiger partial charge in [-0.3, -0.25) is 4.79 Å². The van der Waals surface area contributed by atoms with E-state index in [-0.39, 0.29) is 29.5 Å². The molecular formula is C24H23F3N2O3S2. The molecule has 1 aliphatic rings. The van der Waals surface area contributed by atoms with Crippen molar-refractivity contribution in [3.63, 3.8) is 0 Å². The van der Waals surface area contributed by atoms with Crippen molar-refractivity contribution in [3.05, 3.63) is 77.6 Å². The molecule has 0 unspecified atom stereocenters. The molecule has 0 spiro atoms. The molecule has 3 aromatic carbocycles. The second kappa shape index (κ2) is 9.97. The van der Waals surface area contributed by atoms with Crippen LogP contribution in [0.2, 0.25) is 0 Å². The SMILES string of the molecule is O=C(CC[C@@H]1C[C@@H](S)CN1S(=O)(=O)c1ccc2ccccc2c1)NCc1c(F)ccc(F)c1F. The fourth-order valence-electron chi connectivity index (χ4n) is 4.19. The molecule has 0 radical (unpaired) electrons. The van der Waals surface area contributed by atoms with E-state index in [2.05, 4.69) is 17.9 Å². The van der Waals surface area contributed by atoms with E-state index < -0.39 is 51.5 Å². The minimum absolute atomic E-state index is 0.0620. The first-order chi connectivity index (χ1) is 16.2. The predicted octanol–water partition coefficient (Wildman–Crippen LogP) is 4.42. The normalized spacial score (nSPS) is 18.9. The fourth-order valence-corrected chi connectivity index (χ4v) is 6.46. The number of fused-ring (bicyclic) bond motifs is 1. The number of hydrogen-bond donors (Lipinski definition) is 2. The average Bonchev–Trinajstić information content (AvgIpc) is 3.21. The number of nitrogens with zero attached hydrogens (tertiary/aromatic N) is 1. The number of benzene rings is 3. The molecule has 0 saturated carbocycles. The van der Waals surface area contributed by atoms with Crippen LogP contribution in [-0.2, 0) is 21.4 Å². The van der Waals surface area contributed by atoms with Crippen LogP contribution in [0.1, 0.15) is 24.8 Å². The maximum absolute atomic E-state index is 13.8. The molecule has 34 heavy (non-hydrogen) atoms. The lowest BCUT2D eigenvalue weighted by atomic mass is 10.1. The number of thiol groups is 1. The van der Waals surface area contributed by atoms with Crippen molar-refractivity contribution in [2.24, 2.45) is 0 Å². The number of nitrogens with one attached hydrogen (secondary N) is 1. The van der Waals surface area contributed by atoms with Crippen molar-refractivity contribution >= 4 is 39.3 Å². The Morgan fingerprint density at radius 2 is 1.74 bits per heavy atom. The monoisotopic (exact) mass is 508 g/mol. The number of rotatable bonds is 7. The number of amides is 1. The fraction of sp³-hybridized carbons (Fsp3) is 0.292. The lowest BCUT2D eigenvalue weighted by Gasteiger charge is -2.24. The van der Waals surface area contributed by atoms with Crippen LogP contribution in [0.15, 0.2) is 59.5 Å². The van der Waals surface area contributed by atoms with Gasteiger partial charge in [-0.1, -0.05) is 30.3 Å². The van der Waals surface area contributed by atoms with E-state index in [1.807, 2.05) is 24.3 Å². The van der Waals surface area contributed by atoms with Gasteiger partial charge in [0, 0.05) is 36.4 Å². The van der Waals surface area contributed by atoms with E-state index >= 15 is 0 Å². The van der Waals surface area contributed by atoms with Crippen molar-refractivity contribution in [2.75, 3.05) is 6.54 Å². The molecule has 1 amide bonds. The van der Waals surface area contributed by atoms with Crippen LogP contribution in [-0.4, -0.2) is 36.5 Å². The topological polar surface area (TPSA) is 66.5 Å². The second-order valence-corrected chi connectivity index (χ2v) is 10.9. The highest BCUT2D eigenvalue weighted by atomic mass is 32.2. The molecule has 180 valence electrons. The minimum Gasteiger partial charge on any atom is -0.352 e. The van der Waals surface area contributed by atoms with Crippen molar-refractivity contribution < 1.29 is 26.4 Å². The van der Waals surface area contributed by atoms with Gasteiger partial charge in [0.25, 0.3) is 0 Å². The van der Waals surface area contributed by atoms with Crippen LogP contribution in [0.4, 0.5) is 13.2 Å². The summed E-state index contributed by atoms with van der Waals surface area (Å²) in [6.45, 7) is -0.294. The van der Waals surface area contributed by atoms with Crippen LogP contribution in [0, 0.1) is 17.5 Å². The third kappa shape index (κ3) is 5.08. The summed E-state index contributed by atoms with van der Waals surface area (Å²) < 4.78 is 69.0. The van der Waals surface area contributed by atoms with E-state index in [1.54, 1.807) is 18.2 Å². The molecule has 1 heterocycles. The van der Waals surface area contributed by atoms with Crippen LogP contribution in [0.3, 0.4) is 0 Å². The first kappa shape index (κ1) is 24.6. The summed E-state index contributed by atoms with van der Waals surface area (Å²) in [6.07, 6.45) is 0.619. The Bertz CT molecular complexity index is 1330. The zero-order chi connectivity index (χ0) is 24.5. The molecule has 5 nitrogen and oxygen atoms in total. The number of halogens is 3. The van der Waals surface area contributed by atoms with Crippen LogP contribution in [0.5, 0.6) is 0 Å². The summed E-state index contributed by atoms with van der Waals surface area (Å²) in [5.41, 5.74) is -0.565. The largest absolute Gasteiger partial charge is 0.352 e. The van der Waals surface area contributed by atoms with E-state index in [0.29, 0.717) is 12.5 Å². The Hall–Kier alpha value is -2.56. The van der Waals surface area contributed by atoms with Gasteiger partial charge >= 0.3 is 0 Å². The van der Waals surface area contributed by atoms with E-state index in [1.165, 1.54) is 4.31 Å². The van der Waals surface area contributed by atoms with E-state index in [9.17, 15) is 26.4 Å². The highest BCUT2D eigenvalue weighted by Crippen LogP contribution is 2.32. The first-order valence-corrected chi connectivity index (χ1v) is 12.7. The van der Waals surface area contributed by atoms with Gasteiger partial charge in [0.15, 0.2) is 11.6 Å². The van der Waals surface area contributed by atoms with Gasteiger partial charge in [-0.25, -0.2) is 21.6 Å². The lowest BCUT2D eigenvalue weighted by molar-refractivity contribution is -0.121. The molecule has 3 aromatic rings. The minimum atomic E-state index is -3.82. The van der Waals surface area contributed by atoms with Gasteiger partial charge in [-0.2, -0.15) is 16.9 Å². The Labute approximate surface area is 201 Å². The summed E-state index contributed by atoms with van der Waals surface area (Å²) in [6, 6.07) is 13.4. The van der Waals surface area contributed by atoms with Crippen LogP contribution >= 0.6 is 12.6 Å². The summed E-state index contributed by atoms with van der Waals surface area (Å²) in [5.74, 6) is -4.03. The third-order valence-electron chi connectivity index (χ3n) is 5.98. The molecule has 1 N–H and O–H groups in total. The van der Waals surface area contributed by atoms with E-state index in [0.717, 1.165) is 16.8 Å². The maximum Gasteiger partial charge on any atom is 0.243 e. The Kier molecular flexibility index (Phi) is 7.20. The summed E-state index contributed by atoms with van der Waals surface area (Å²) >= 11 is 4.45. The number of carbonyl (C=O) groups is 1. The zero-order valence-corrected chi connectivity index (χ0v) is 19.8. The zero-order valence-electron chi connectivity index (χ0n) is 18.0. The van der Waals surface area contributed by atoms with Gasteiger partial charge in [-0.15, -0.1) is 0 Å².